The van der Waals surface area contributed by atoms with Crippen LogP contribution >= 0.6 is 0 Å². The van der Waals surface area contributed by atoms with Gasteiger partial charge in [-0.05, 0) is 24.6 Å². The van der Waals surface area contributed by atoms with Crippen LogP contribution in [0.25, 0.3) is 11.9 Å². The summed E-state index contributed by atoms with van der Waals surface area (Å²) in [5.41, 5.74) is 6.67. The smallest absolute Gasteiger partial charge is 0.241 e. The first-order valence-electron chi connectivity index (χ1n) is 5.62. The number of aryl methyl sites for hydroxylation is 1. The number of carbonyl (C=O) groups is 1. The van der Waals surface area contributed by atoms with Gasteiger partial charge in [-0.25, -0.2) is 9.97 Å². The molecular formula is C13H14N4O2. The largest absolute Gasteiger partial charge is 0.493 e. The Morgan fingerprint density at radius 1 is 1.47 bits per heavy atom. The highest BCUT2D eigenvalue weighted by Gasteiger charge is 2.08. The minimum atomic E-state index is -0.506. The monoisotopic (exact) mass is 258 g/mol. The number of imidazole rings is 1. The molecule has 1 amide bonds. The minimum Gasteiger partial charge on any atom is -0.493 e. The summed E-state index contributed by atoms with van der Waals surface area (Å²) < 4.78 is 7.07. The third-order valence-corrected chi connectivity index (χ3v) is 2.47. The van der Waals surface area contributed by atoms with Crippen molar-refractivity contribution in [3.63, 3.8) is 0 Å². The lowest BCUT2D eigenvalue weighted by Gasteiger charge is -2.08. The highest BCUT2D eigenvalue weighted by atomic mass is 16.5. The van der Waals surface area contributed by atoms with E-state index in [1.165, 1.54) is 6.08 Å². The van der Waals surface area contributed by atoms with Gasteiger partial charge in [0, 0.05) is 18.5 Å². The van der Waals surface area contributed by atoms with Gasteiger partial charge in [-0.2, -0.15) is 0 Å². The topological polar surface area (TPSA) is 83.0 Å². The van der Waals surface area contributed by atoms with Crippen molar-refractivity contribution in [3.8, 4) is 11.6 Å². The second-order valence-corrected chi connectivity index (χ2v) is 3.95. The fourth-order valence-corrected chi connectivity index (χ4v) is 1.60. The van der Waals surface area contributed by atoms with Gasteiger partial charge in [-0.1, -0.05) is 0 Å². The van der Waals surface area contributed by atoms with Crippen molar-refractivity contribution < 1.29 is 9.53 Å². The van der Waals surface area contributed by atoms with E-state index in [1.807, 2.05) is 13.1 Å². The van der Waals surface area contributed by atoms with E-state index in [9.17, 15) is 4.79 Å². The highest BCUT2D eigenvalue weighted by Crippen LogP contribution is 2.22. The van der Waals surface area contributed by atoms with Crippen LogP contribution < -0.4 is 10.5 Å². The number of hydrogen-bond acceptors (Lipinski definition) is 4. The van der Waals surface area contributed by atoms with Crippen LogP contribution in [0.15, 0.2) is 30.9 Å². The molecule has 0 aromatic carbocycles. The molecule has 0 aliphatic heterocycles. The summed E-state index contributed by atoms with van der Waals surface area (Å²) in [7, 11) is 1.56. The molecule has 0 bridgehead atoms. The molecule has 0 saturated carbocycles. The van der Waals surface area contributed by atoms with E-state index >= 15 is 0 Å². The molecule has 2 N–H and O–H groups in total. The van der Waals surface area contributed by atoms with Gasteiger partial charge in [-0.15, -0.1) is 0 Å². The molecule has 0 aliphatic rings. The molecule has 0 saturated heterocycles. The summed E-state index contributed by atoms with van der Waals surface area (Å²) in [6.45, 7) is 1.90. The van der Waals surface area contributed by atoms with Gasteiger partial charge in [0.15, 0.2) is 11.6 Å². The van der Waals surface area contributed by atoms with Crippen molar-refractivity contribution in [3.05, 3.63) is 42.1 Å². The molecule has 6 heteroatoms. The quantitative estimate of drug-likeness (QED) is 0.832. The lowest BCUT2D eigenvalue weighted by atomic mass is 10.2. The van der Waals surface area contributed by atoms with Gasteiger partial charge in [0.1, 0.15) is 6.33 Å². The number of rotatable bonds is 4. The number of pyridine rings is 1. The second-order valence-electron chi connectivity index (χ2n) is 3.95. The maximum Gasteiger partial charge on any atom is 0.241 e. The summed E-state index contributed by atoms with van der Waals surface area (Å²) in [5, 5.41) is 0. The Bertz CT molecular complexity index is 631. The van der Waals surface area contributed by atoms with Gasteiger partial charge >= 0.3 is 0 Å². The highest BCUT2D eigenvalue weighted by molar-refractivity contribution is 5.90. The summed E-state index contributed by atoms with van der Waals surface area (Å²) in [4.78, 5) is 19.1. The third-order valence-electron chi connectivity index (χ3n) is 2.47. The maximum absolute atomic E-state index is 10.7. The first-order chi connectivity index (χ1) is 9.10. The summed E-state index contributed by atoms with van der Waals surface area (Å²) >= 11 is 0. The first kappa shape index (κ1) is 12.8. The molecule has 19 heavy (non-hydrogen) atoms. The van der Waals surface area contributed by atoms with Gasteiger partial charge in [0.05, 0.1) is 12.8 Å². The number of aromatic nitrogens is 3. The molecule has 2 rings (SSSR count). The van der Waals surface area contributed by atoms with E-state index in [2.05, 4.69) is 9.97 Å². The normalized spacial score (nSPS) is 10.8. The van der Waals surface area contributed by atoms with Crippen molar-refractivity contribution in [2.24, 2.45) is 5.73 Å². The standard InChI is InChI=1S/C13H14N4O2/c1-9-7-17(8-16-9)13-11(19-2)5-10(6-15-13)3-4-12(14)18/h3-8H,1-2H3,(H2,14,18). The summed E-state index contributed by atoms with van der Waals surface area (Å²) in [6.07, 6.45) is 8.01. The molecule has 0 spiro atoms. The Kier molecular flexibility index (Phi) is 3.61. The van der Waals surface area contributed by atoms with E-state index in [-0.39, 0.29) is 0 Å². The summed E-state index contributed by atoms with van der Waals surface area (Å²) in [5.74, 6) is 0.719. The zero-order valence-corrected chi connectivity index (χ0v) is 10.7. The predicted molar refractivity (Wildman–Crippen MR) is 70.9 cm³/mol. The van der Waals surface area contributed by atoms with Gasteiger partial charge in [0.2, 0.25) is 5.91 Å². The van der Waals surface area contributed by atoms with Gasteiger partial charge < -0.3 is 10.5 Å². The number of nitrogens with zero attached hydrogens (tertiary/aromatic N) is 3. The number of primary amides is 1. The van der Waals surface area contributed by atoms with Gasteiger partial charge in [-0.3, -0.25) is 9.36 Å². The predicted octanol–water partition coefficient (Wildman–Crippen LogP) is 1.08. The number of nitrogens with two attached hydrogens (primary N) is 1. The van der Waals surface area contributed by atoms with Crippen molar-refractivity contribution in [1.82, 2.24) is 14.5 Å². The second kappa shape index (κ2) is 5.34. The number of methoxy groups -OCH3 is 1. The van der Waals surface area contributed by atoms with Crippen molar-refractivity contribution in [2.75, 3.05) is 7.11 Å². The Morgan fingerprint density at radius 2 is 2.26 bits per heavy atom. The molecule has 0 aliphatic carbocycles. The van der Waals surface area contributed by atoms with E-state index < -0.39 is 5.91 Å². The first-order valence-corrected chi connectivity index (χ1v) is 5.62. The lowest BCUT2D eigenvalue weighted by Crippen LogP contribution is -2.05. The molecule has 0 atom stereocenters. The molecule has 0 fully saturated rings. The Hall–Kier alpha value is -2.63. The van der Waals surface area contributed by atoms with Crippen molar-refractivity contribution in [1.29, 1.82) is 0 Å². The van der Waals surface area contributed by atoms with Crippen LogP contribution in [0.1, 0.15) is 11.3 Å². The Balaban J connectivity index is 2.39. The van der Waals surface area contributed by atoms with E-state index in [0.717, 1.165) is 11.3 Å². The maximum atomic E-state index is 10.7. The average molecular weight is 258 g/mol. The van der Waals surface area contributed by atoms with Crippen LogP contribution in [0.4, 0.5) is 0 Å². The van der Waals surface area contributed by atoms with E-state index in [4.69, 9.17) is 10.5 Å². The zero-order chi connectivity index (χ0) is 13.8. The molecule has 2 heterocycles. The minimum absolute atomic E-state index is 0.506. The average Bonchev–Trinajstić information content (AvgIpc) is 2.82. The van der Waals surface area contributed by atoms with Gasteiger partial charge in [0.25, 0.3) is 0 Å². The van der Waals surface area contributed by atoms with Crippen LogP contribution in [0.3, 0.4) is 0 Å². The van der Waals surface area contributed by atoms with E-state index in [0.29, 0.717) is 11.6 Å². The Labute approximate surface area is 110 Å². The number of ether oxygens (including phenoxy) is 1. The number of amides is 1. The Morgan fingerprint density at radius 3 is 2.84 bits per heavy atom. The molecule has 2 aromatic rings. The van der Waals surface area contributed by atoms with E-state index in [1.54, 1.807) is 36.3 Å². The molecular weight excluding hydrogens is 244 g/mol. The van der Waals surface area contributed by atoms with Crippen molar-refractivity contribution >= 4 is 12.0 Å². The van der Waals surface area contributed by atoms with Crippen LogP contribution in [0.2, 0.25) is 0 Å². The lowest BCUT2D eigenvalue weighted by molar-refractivity contribution is -0.113. The third kappa shape index (κ3) is 2.98. The molecule has 0 radical (unpaired) electrons. The van der Waals surface area contributed by atoms with Crippen LogP contribution in [0.5, 0.6) is 5.75 Å². The molecule has 98 valence electrons. The fourth-order valence-electron chi connectivity index (χ4n) is 1.60. The summed E-state index contributed by atoms with van der Waals surface area (Å²) in [6, 6.07) is 1.77. The SMILES string of the molecule is COc1cc(C=CC(N)=O)cnc1-n1cnc(C)c1. The molecule has 2 aromatic heterocycles. The number of hydrogen-bond donors (Lipinski definition) is 1. The zero-order valence-electron chi connectivity index (χ0n) is 10.7. The van der Waals surface area contributed by atoms with Crippen LogP contribution in [-0.4, -0.2) is 27.6 Å². The fraction of sp³-hybridized carbons (Fsp3) is 0.154. The number of carbonyl (C=O) groups excluding carboxylic acids is 1. The van der Waals surface area contributed by atoms with Crippen molar-refractivity contribution in [2.45, 2.75) is 6.92 Å². The van der Waals surface area contributed by atoms with Crippen LogP contribution in [-0.2, 0) is 4.79 Å². The van der Waals surface area contributed by atoms with Crippen LogP contribution in [0, 0.1) is 6.92 Å². The molecule has 0 unspecified atom stereocenters. The molecule has 6 nitrogen and oxygen atoms in total.